The first-order chi connectivity index (χ1) is 7.43. The fraction of sp³-hybridized carbons (Fsp3) is 0.750. The second-order valence-corrected chi connectivity index (χ2v) is 4.09. The Hall–Kier alpha value is -0.890. The van der Waals surface area contributed by atoms with Crippen LogP contribution in [-0.4, -0.2) is 29.5 Å². The standard InChI is InChI=1S/C8H12F3N3OS/c1-3-15-4-5(2)12-7-14-13-6(16-7)8(9,10)11/h5H,3-4H2,1-2H3,(H,12,14). The van der Waals surface area contributed by atoms with Gasteiger partial charge < -0.3 is 10.1 Å². The van der Waals surface area contributed by atoms with Crippen molar-refractivity contribution in [1.82, 2.24) is 10.2 Å². The Kier molecular flexibility index (Phi) is 4.48. The predicted molar refractivity (Wildman–Crippen MR) is 54.5 cm³/mol. The Morgan fingerprint density at radius 3 is 2.62 bits per heavy atom. The molecule has 1 atom stereocenters. The van der Waals surface area contributed by atoms with E-state index in [-0.39, 0.29) is 11.2 Å². The molecule has 0 radical (unpaired) electrons. The molecule has 1 aromatic rings. The molecule has 8 heteroatoms. The van der Waals surface area contributed by atoms with E-state index in [0.29, 0.717) is 24.6 Å². The average Bonchev–Trinajstić information content (AvgIpc) is 2.62. The van der Waals surface area contributed by atoms with Crippen LogP contribution < -0.4 is 5.32 Å². The molecule has 0 saturated carbocycles. The SMILES string of the molecule is CCOCC(C)Nc1nnc(C(F)(F)F)s1. The van der Waals surface area contributed by atoms with Gasteiger partial charge in [0.1, 0.15) is 0 Å². The average molecular weight is 255 g/mol. The number of hydrogen-bond acceptors (Lipinski definition) is 5. The van der Waals surface area contributed by atoms with Crippen molar-refractivity contribution >= 4 is 16.5 Å². The van der Waals surface area contributed by atoms with E-state index in [1.807, 2.05) is 6.92 Å². The van der Waals surface area contributed by atoms with Crippen LogP contribution in [0.3, 0.4) is 0 Å². The number of alkyl halides is 3. The van der Waals surface area contributed by atoms with Crippen LogP contribution in [0, 0.1) is 0 Å². The quantitative estimate of drug-likeness (QED) is 0.877. The zero-order chi connectivity index (χ0) is 12.2. The first kappa shape index (κ1) is 13.2. The van der Waals surface area contributed by atoms with Gasteiger partial charge in [-0.15, -0.1) is 10.2 Å². The lowest BCUT2D eigenvalue weighted by atomic mass is 10.4. The largest absolute Gasteiger partial charge is 0.445 e. The van der Waals surface area contributed by atoms with Crippen molar-refractivity contribution in [2.75, 3.05) is 18.5 Å². The van der Waals surface area contributed by atoms with E-state index in [0.717, 1.165) is 0 Å². The van der Waals surface area contributed by atoms with Gasteiger partial charge in [-0.1, -0.05) is 11.3 Å². The van der Waals surface area contributed by atoms with E-state index in [1.54, 1.807) is 6.92 Å². The molecule has 1 N–H and O–H groups in total. The van der Waals surface area contributed by atoms with Gasteiger partial charge in [-0.2, -0.15) is 13.2 Å². The number of nitrogens with zero attached hydrogens (tertiary/aromatic N) is 2. The van der Waals surface area contributed by atoms with Gasteiger partial charge in [0.25, 0.3) is 0 Å². The molecular formula is C8H12F3N3OS. The smallest absolute Gasteiger partial charge is 0.380 e. The third-order valence-corrected chi connectivity index (χ3v) is 2.51. The maximum absolute atomic E-state index is 12.2. The first-order valence-electron chi connectivity index (χ1n) is 4.68. The molecule has 0 amide bonds. The summed E-state index contributed by atoms with van der Waals surface area (Å²) in [5, 5.41) is 8.47. The Labute approximate surface area is 94.8 Å². The van der Waals surface area contributed by atoms with Gasteiger partial charge in [0.05, 0.1) is 6.61 Å². The van der Waals surface area contributed by atoms with Crippen LogP contribution >= 0.6 is 11.3 Å². The molecule has 0 aromatic carbocycles. The molecule has 1 rings (SSSR count). The number of aromatic nitrogens is 2. The molecular weight excluding hydrogens is 243 g/mol. The highest BCUT2D eigenvalue weighted by Crippen LogP contribution is 2.33. The first-order valence-corrected chi connectivity index (χ1v) is 5.50. The van der Waals surface area contributed by atoms with Crippen LogP contribution in [0.15, 0.2) is 0 Å². The van der Waals surface area contributed by atoms with Crippen LogP contribution in [0.2, 0.25) is 0 Å². The lowest BCUT2D eigenvalue weighted by molar-refractivity contribution is -0.138. The third kappa shape index (κ3) is 3.93. The number of anilines is 1. The van der Waals surface area contributed by atoms with E-state index >= 15 is 0 Å². The second kappa shape index (κ2) is 5.44. The highest BCUT2D eigenvalue weighted by molar-refractivity contribution is 7.15. The summed E-state index contributed by atoms with van der Waals surface area (Å²) in [6.45, 7) is 4.62. The fourth-order valence-electron chi connectivity index (χ4n) is 0.943. The van der Waals surface area contributed by atoms with E-state index in [1.165, 1.54) is 0 Å². The zero-order valence-electron chi connectivity index (χ0n) is 8.84. The summed E-state index contributed by atoms with van der Waals surface area (Å²) in [7, 11) is 0. The molecule has 1 unspecified atom stereocenters. The molecule has 1 heterocycles. The summed E-state index contributed by atoms with van der Waals surface area (Å²) >= 11 is 0.488. The topological polar surface area (TPSA) is 47.0 Å². The highest BCUT2D eigenvalue weighted by atomic mass is 32.1. The van der Waals surface area contributed by atoms with E-state index in [4.69, 9.17) is 4.74 Å². The van der Waals surface area contributed by atoms with Gasteiger partial charge in [-0.3, -0.25) is 0 Å². The molecule has 4 nitrogen and oxygen atoms in total. The predicted octanol–water partition coefficient (Wildman–Crippen LogP) is 2.39. The molecule has 1 aromatic heterocycles. The Morgan fingerprint density at radius 1 is 1.44 bits per heavy atom. The Balaban J connectivity index is 2.52. The van der Waals surface area contributed by atoms with Crippen molar-refractivity contribution in [2.24, 2.45) is 0 Å². The summed E-state index contributed by atoms with van der Waals surface area (Å²) in [4.78, 5) is 0. The van der Waals surface area contributed by atoms with E-state index < -0.39 is 11.2 Å². The van der Waals surface area contributed by atoms with Crippen LogP contribution in [0.4, 0.5) is 18.3 Å². The van der Waals surface area contributed by atoms with Gasteiger partial charge in [-0.25, -0.2) is 0 Å². The monoisotopic (exact) mass is 255 g/mol. The van der Waals surface area contributed by atoms with Gasteiger partial charge in [0, 0.05) is 12.6 Å². The minimum atomic E-state index is -4.43. The summed E-state index contributed by atoms with van der Waals surface area (Å²) in [6, 6.07) is -0.103. The summed E-state index contributed by atoms with van der Waals surface area (Å²) < 4.78 is 41.7. The van der Waals surface area contributed by atoms with Crippen LogP contribution in [0.1, 0.15) is 18.9 Å². The molecule has 92 valence electrons. The van der Waals surface area contributed by atoms with E-state index in [9.17, 15) is 13.2 Å². The highest BCUT2D eigenvalue weighted by Gasteiger charge is 2.35. The minimum absolute atomic E-state index is 0.103. The molecule has 0 saturated heterocycles. The zero-order valence-corrected chi connectivity index (χ0v) is 9.65. The lowest BCUT2D eigenvalue weighted by Gasteiger charge is -2.11. The summed E-state index contributed by atoms with van der Waals surface area (Å²) in [6.07, 6.45) is -4.43. The Bertz CT molecular complexity index is 329. The number of rotatable bonds is 5. The number of halogens is 3. The van der Waals surface area contributed by atoms with Gasteiger partial charge in [0.2, 0.25) is 10.1 Å². The molecule has 0 aliphatic carbocycles. The van der Waals surface area contributed by atoms with Gasteiger partial charge in [0.15, 0.2) is 0 Å². The lowest BCUT2D eigenvalue weighted by Crippen LogP contribution is -2.21. The van der Waals surface area contributed by atoms with Crippen LogP contribution in [-0.2, 0) is 10.9 Å². The van der Waals surface area contributed by atoms with Crippen molar-refractivity contribution in [2.45, 2.75) is 26.1 Å². The summed E-state index contributed by atoms with van der Waals surface area (Å²) in [5.41, 5.74) is 0. The molecule has 0 aliphatic heterocycles. The maximum atomic E-state index is 12.2. The molecule has 0 aliphatic rings. The van der Waals surface area contributed by atoms with Crippen LogP contribution in [0.5, 0.6) is 0 Å². The normalized spacial score (nSPS) is 13.8. The molecule has 0 bridgehead atoms. The molecule has 0 fully saturated rings. The third-order valence-electron chi connectivity index (χ3n) is 1.61. The van der Waals surface area contributed by atoms with E-state index in [2.05, 4.69) is 15.5 Å². The minimum Gasteiger partial charge on any atom is -0.380 e. The van der Waals surface area contributed by atoms with Crippen molar-refractivity contribution in [3.8, 4) is 0 Å². The maximum Gasteiger partial charge on any atom is 0.445 e. The fourth-order valence-corrected chi connectivity index (χ4v) is 1.67. The van der Waals surface area contributed by atoms with Gasteiger partial charge >= 0.3 is 6.18 Å². The summed E-state index contributed by atoms with van der Waals surface area (Å²) in [5.74, 6) is 0. The number of nitrogens with one attached hydrogen (secondary N) is 1. The number of hydrogen-bond donors (Lipinski definition) is 1. The van der Waals surface area contributed by atoms with Gasteiger partial charge in [-0.05, 0) is 13.8 Å². The number of ether oxygens (including phenoxy) is 1. The second-order valence-electron chi connectivity index (χ2n) is 3.11. The molecule has 16 heavy (non-hydrogen) atoms. The van der Waals surface area contributed by atoms with Crippen molar-refractivity contribution in [1.29, 1.82) is 0 Å². The molecule has 0 spiro atoms. The van der Waals surface area contributed by atoms with Crippen LogP contribution in [0.25, 0.3) is 0 Å². The van der Waals surface area contributed by atoms with Crippen molar-refractivity contribution in [3.63, 3.8) is 0 Å². The van der Waals surface area contributed by atoms with Crippen molar-refractivity contribution in [3.05, 3.63) is 5.01 Å². The Morgan fingerprint density at radius 2 is 2.12 bits per heavy atom. The van der Waals surface area contributed by atoms with Crippen molar-refractivity contribution < 1.29 is 17.9 Å².